The molecule has 0 saturated carbocycles. The van der Waals surface area contributed by atoms with E-state index in [-0.39, 0.29) is 6.42 Å². The van der Waals surface area contributed by atoms with Crippen LogP contribution in [-0.4, -0.2) is 16.6 Å². The highest BCUT2D eigenvalue weighted by molar-refractivity contribution is 6.14. The van der Waals surface area contributed by atoms with Crippen molar-refractivity contribution < 1.29 is 9.90 Å². The average molecular weight is 152 g/mol. The monoisotopic (exact) mass is 151 g/mol. The third-order valence-corrected chi connectivity index (χ3v) is 1.36. The predicted octanol–water partition coefficient (Wildman–Crippen LogP) is 0.983. The molecule has 9 heavy (non-hydrogen) atoms. The second kappa shape index (κ2) is 3.03. The van der Waals surface area contributed by atoms with E-state index in [2.05, 4.69) is 4.84 Å². The molecule has 0 aromatic rings. The molecule has 0 amide bonds. The van der Waals surface area contributed by atoms with E-state index < -0.39 is 11.5 Å². The Bertz CT molecular complexity index is 114. The maximum atomic E-state index is 10.1. The lowest BCUT2D eigenvalue weighted by atomic mass is 10.0. The summed E-state index contributed by atoms with van der Waals surface area (Å²) in [6.07, 6.45) is 0.0243. The van der Waals surface area contributed by atoms with E-state index >= 15 is 0 Å². The van der Waals surface area contributed by atoms with Gasteiger partial charge in [0.15, 0.2) is 0 Å². The Morgan fingerprint density at radius 2 is 2.22 bits per heavy atom. The van der Waals surface area contributed by atoms with Crippen molar-refractivity contribution in [1.29, 1.82) is 0 Å². The van der Waals surface area contributed by atoms with Crippen LogP contribution in [0.2, 0.25) is 0 Å². The van der Waals surface area contributed by atoms with E-state index in [9.17, 15) is 4.79 Å². The molecule has 4 heteroatoms. The normalized spacial score (nSPS) is 11.4. The molecule has 0 radical (unpaired) electrons. The number of nitrogens with one attached hydrogen (secondary N) is 1. The number of halogens is 1. The molecular weight excluding hydrogens is 142 g/mol. The summed E-state index contributed by atoms with van der Waals surface area (Å²) in [6.45, 7) is 3.43. The van der Waals surface area contributed by atoms with Crippen LogP contribution >= 0.6 is 11.8 Å². The summed E-state index contributed by atoms with van der Waals surface area (Å²) in [5.74, 6) is -0.854. The summed E-state index contributed by atoms with van der Waals surface area (Å²) in [5, 5.41) is 8.28. The van der Waals surface area contributed by atoms with Crippen molar-refractivity contribution >= 4 is 17.7 Å². The summed E-state index contributed by atoms with van der Waals surface area (Å²) in [4.78, 5) is 12.4. The third kappa shape index (κ3) is 4.24. The second-order valence-electron chi connectivity index (χ2n) is 2.55. The summed E-state index contributed by atoms with van der Waals surface area (Å²) >= 11 is 5.22. The van der Waals surface area contributed by atoms with Crippen LogP contribution in [0.5, 0.6) is 0 Å². The van der Waals surface area contributed by atoms with E-state index in [1.165, 1.54) is 0 Å². The fraction of sp³-hybridized carbons (Fsp3) is 0.800. The molecule has 3 nitrogen and oxygen atoms in total. The van der Waals surface area contributed by atoms with Crippen molar-refractivity contribution in [3.8, 4) is 0 Å². The molecule has 0 unspecified atom stereocenters. The number of hydrogen-bond donors (Lipinski definition) is 2. The molecule has 0 aromatic heterocycles. The van der Waals surface area contributed by atoms with Gasteiger partial charge in [-0.15, -0.1) is 0 Å². The molecule has 2 N–H and O–H groups in total. The Labute approximate surface area is 59.1 Å². The SMILES string of the molecule is CC(C)(CC(=O)O)NCl. The molecule has 0 bridgehead atoms. The molecule has 0 spiro atoms. The number of aliphatic carboxylic acids is 1. The topological polar surface area (TPSA) is 49.3 Å². The van der Waals surface area contributed by atoms with Crippen LogP contribution in [0.1, 0.15) is 20.3 Å². The van der Waals surface area contributed by atoms with Gasteiger partial charge in [-0.05, 0) is 25.6 Å². The first-order valence-corrected chi connectivity index (χ1v) is 2.95. The van der Waals surface area contributed by atoms with Gasteiger partial charge in [-0.25, -0.2) is 4.84 Å². The molecule has 0 fully saturated rings. The van der Waals surface area contributed by atoms with E-state index in [0.29, 0.717) is 0 Å². The van der Waals surface area contributed by atoms with Gasteiger partial charge in [-0.2, -0.15) is 0 Å². The Hall–Kier alpha value is -0.280. The molecular formula is C5H10ClNO2. The number of carbonyl (C=O) groups is 1. The number of hydrogen-bond acceptors (Lipinski definition) is 2. The zero-order valence-electron chi connectivity index (χ0n) is 5.44. The smallest absolute Gasteiger partial charge is 0.305 e. The van der Waals surface area contributed by atoms with Crippen molar-refractivity contribution in [2.45, 2.75) is 25.8 Å². The van der Waals surface area contributed by atoms with Crippen LogP contribution < -0.4 is 4.84 Å². The molecule has 0 aromatic carbocycles. The van der Waals surface area contributed by atoms with Gasteiger partial charge in [0.05, 0.1) is 6.42 Å². The largest absolute Gasteiger partial charge is 0.481 e. The molecule has 0 aliphatic heterocycles. The van der Waals surface area contributed by atoms with Crippen LogP contribution in [0.3, 0.4) is 0 Å². The van der Waals surface area contributed by atoms with Gasteiger partial charge in [0.25, 0.3) is 0 Å². The minimum absolute atomic E-state index is 0.0243. The Balaban J connectivity index is 3.71. The van der Waals surface area contributed by atoms with E-state index in [1.807, 2.05) is 0 Å². The standard InChI is InChI=1S/C5H10ClNO2/c1-5(2,7-6)3-4(8)9/h7H,3H2,1-2H3,(H,8,9). The lowest BCUT2D eigenvalue weighted by molar-refractivity contribution is -0.138. The molecule has 0 saturated heterocycles. The van der Waals surface area contributed by atoms with Gasteiger partial charge in [0, 0.05) is 5.54 Å². The quantitative estimate of drug-likeness (QED) is 0.592. The summed E-state index contributed by atoms with van der Waals surface area (Å²) in [7, 11) is 0. The van der Waals surface area contributed by atoms with Crippen molar-refractivity contribution in [2.75, 3.05) is 0 Å². The van der Waals surface area contributed by atoms with E-state index in [4.69, 9.17) is 16.9 Å². The Morgan fingerprint density at radius 3 is 2.33 bits per heavy atom. The van der Waals surface area contributed by atoms with E-state index in [0.717, 1.165) is 0 Å². The first-order valence-electron chi connectivity index (χ1n) is 2.57. The molecule has 54 valence electrons. The summed E-state index contributed by atoms with van der Waals surface area (Å²) < 4.78 is 0. The van der Waals surface area contributed by atoms with Crippen LogP contribution in [0, 0.1) is 0 Å². The number of carboxylic acid groups (broad SMARTS) is 1. The first-order chi connectivity index (χ1) is 3.98. The van der Waals surface area contributed by atoms with Gasteiger partial charge in [-0.3, -0.25) is 4.79 Å². The summed E-state index contributed by atoms with van der Waals surface area (Å²) in [5.41, 5.74) is -0.520. The highest BCUT2D eigenvalue weighted by atomic mass is 35.5. The van der Waals surface area contributed by atoms with Crippen molar-refractivity contribution in [2.24, 2.45) is 0 Å². The fourth-order valence-corrected chi connectivity index (χ4v) is 0.478. The molecule has 0 aliphatic rings. The second-order valence-corrected chi connectivity index (χ2v) is 2.74. The van der Waals surface area contributed by atoms with E-state index in [1.54, 1.807) is 13.8 Å². The van der Waals surface area contributed by atoms with Gasteiger partial charge in [0.2, 0.25) is 0 Å². The van der Waals surface area contributed by atoms with Gasteiger partial charge < -0.3 is 5.11 Å². The zero-order valence-corrected chi connectivity index (χ0v) is 6.20. The summed E-state index contributed by atoms with van der Waals surface area (Å²) in [6, 6.07) is 0. The van der Waals surface area contributed by atoms with Gasteiger partial charge in [0.1, 0.15) is 0 Å². The predicted molar refractivity (Wildman–Crippen MR) is 35.3 cm³/mol. The molecule has 0 atom stereocenters. The highest BCUT2D eigenvalue weighted by Crippen LogP contribution is 2.07. The fourth-order valence-electron chi connectivity index (χ4n) is 0.411. The Kier molecular flexibility index (Phi) is 2.94. The van der Waals surface area contributed by atoms with Gasteiger partial charge >= 0.3 is 5.97 Å². The van der Waals surface area contributed by atoms with Crippen molar-refractivity contribution in [3.63, 3.8) is 0 Å². The average Bonchev–Trinajstić information content (AvgIpc) is 1.63. The maximum Gasteiger partial charge on any atom is 0.305 e. The van der Waals surface area contributed by atoms with Crippen molar-refractivity contribution in [1.82, 2.24) is 4.84 Å². The van der Waals surface area contributed by atoms with Crippen LogP contribution in [-0.2, 0) is 4.79 Å². The van der Waals surface area contributed by atoms with Crippen LogP contribution in [0.15, 0.2) is 0 Å². The molecule has 0 heterocycles. The third-order valence-electron chi connectivity index (χ3n) is 0.849. The van der Waals surface area contributed by atoms with Crippen molar-refractivity contribution in [3.05, 3.63) is 0 Å². The minimum atomic E-state index is -0.854. The van der Waals surface area contributed by atoms with Gasteiger partial charge in [-0.1, -0.05) is 0 Å². The minimum Gasteiger partial charge on any atom is -0.481 e. The zero-order chi connectivity index (χ0) is 7.49. The maximum absolute atomic E-state index is 10.1. The molecule has 0 rings (SSSR count). The lowest BCUT2D eigenvalue weighted by Crippen LogP contribution is -2.34. The number of carboxylic acids is 1. The Morgan fingerprint density at radius 1 is 1.78 bits per heavy atom. The van der Waals surface area contributed by atoms with Crippen LogP contribution in [0.25, 0.3) is 0 Å². The number of rotatable bonds is 3. The lowest BCUT2D eigenvalue weighted by Gasteiger charge is -2.18. The first kappa shape index (κ1) is 8.72. The van der Waals surface area contributed by atoms with Crippen LogP contribution in [0.4, 0.5) is 0 Å². The molecule has 0 aliphatic carbocycles. The highest BCUT2D eigenvalue weighted by Gasteiger charge is 2.19.